The van der Waals surface area contributed by atoms with Crippen LogP contribution >= 0.6 is 11.6 Å². The SMILES string of the molecule is OC[C@@H]1CC[C@H](n2cnc3c(NC4(CO)CCCC4)nc(Cl)nc32)O1. The summed E-state index contributed by atoms with van der Waals surface area (Å²) in [7, 11) is 0. The van der Waals surface area contributed by atoms with Gasteiger partial charge in [-0.05, 0) is 37.3 Å². The average molecular weight is 368 g/mol. The van der Waals surface area contributed by atoms with E-state index in [1.165, 1.54) is 0 Å². The minimum atomic E-state index is -0.375. The number of imidazole rings is 1. The van der Waals surface area contributed by atoms with E-state index in [0.717, 1.165) is 38.5 Å². The van der Waals surface area contributed by atoms with Crippen LogP contribution in [-0.2, 0) is 4.74 Å². The lowest BCUT2D eigenvalue weighted by molar-refractivity contribution is -0.0207. The van der Waals surface area contributed by atoms with Crippen molar-refractivity contribution in [3.05, 3.63) is 11.6 Å². The molecule has 1 aliphatic carbocycles. The first kappa shape index (κ1) is 17.0. The van der Waals surface area contributed by atoms with Crippen LogP contribution in [0.25, 0.3) is 11.2 Å². The number of aliphatic hydroxyl groups is 2. The fourth-order valence-electron chi connectivity index (χ4n) is 3.84. The molecule has 0 spiro atoms. The molecule has 8 nitrogen and oxygen atoms in total. The Kier molecular flexibility index (Phi) is 4.53. The number of aromatic nitrogens is 4. The van der Waals surface area contributed by atoms with Crippen molar-refractivity contribution in [2.75, 3.05) is 18.5 Å². The number of anilines is 1. The molecule has 0 radical (unpaired) electrons. The first-order chi connectivity index (χ1) is 12.1. The lowest BCUT2D eigenvalue weighted by Gasteiger charge is -2.28. The third-order valence-corrected chi connectivity index (χ3v) is 5.41. The summed E-state index contributed by atoms with van der Waals surface area (Å²) in [5, 5.41) is 22.6. The van der Waals surface area contributed by atoms with Crippen LogP contribution in [0.3, 0.4) is 0 Å². The Morgan fingerprint density at radius 2 is 2.08 bits per heavy atom. The van der Waals surface area contributed by atoms with E-state index < -0.39 is 0 Å². The number of halogens is 1. The van der Waals surface area contributed by atoms with Gasteiger partial charge < -0.3 is 20.3 Å². The number of hydrogen-bond acceptors (Lipinski definition) is 7. The fraction of sp³-hybridized carbons (Fsp3) is 0.688. The molecule has 0 unspecified atom stereocenters. The zero-order chi connectivity index (χ0) is 17.4. The van der Waals surface area contributed by atoms with Crippen molar-refractivity contribution in [2.45, 2.75) is 56.4 Å². The van der Waals surface area contributed by atoms with Gasteiger partial charge in [-0.3, -0.25) is 4.57 Å². The maximum Gasteiger partial charge on any atom is 0.226 e. The number of nitrogens with zero attached hydrogens (tertiary/aromatic N) is 4. The topological polar surface area (TPSA) is 105 Å². The molecule has 9 heteroatoms. The van der Waals surface area contributed by atoms with Crippen molar-refractivity contribution in [1.29, 1.82) is 0 Å². The van der Waals surface area contributed by atoms with E-state index >= 15 is 0 Å². The summed E-state index contributed by atoms with van der Waals surface area (Å²) in [4.78, 5) is 13.1. The smallest absolute Gasteiger partial charge is 0.226 e. The van der Waals surface area contributed by atoms with Gasteiger partial charge in [-0.15, -0.1) is 0 Å². The van der Waals surface area contributed by atoms with Crippen LogP contribution in [-0.4, -0.2) is 54.6 Å². The van der Waals surface area contributed by atoms with Crippen LogP contribution in [0.1, 0.15) is 44.8 Å². The van der Waals surface area contributed by atoms with Crippen LogP contribution in [0, 0.1) is 0 Å². The van der Waals surface area contributed by atoms with E-state index in [0.29, 0.717) is 17.0 Å². The third-order valence-electron chi connectivity index (χ3n) is 5.24. The van der Waals surface area contributed by atoms with Gasteiger partial charge in [0.05, 0.1) is 31.2 Å². The van der Waals surface area contributed by atoms with Gasteiger partial charge in [-0.1, -0.05) is 12.8 Å². The summed E-state index contributed by atoms with van der Waals surface area (Å²) >= 11 is 6.14. The Bertz CT molecular complexity index is 762. The minimum Gasteiger partial charge on any atom is -0.394 e. The number of nitrogens with one attached hydrogen (secondary N) is 1. The molecule has 3 heterocycles. The maximum atomic E-state index is 9.85. The average Bonchev–Trinajstić information content (AvgIpc) is 3.33. The molecule has 0 bridgehead atoms. The molecule has 1 saturated carbocycles. The van der Waals surface area contributed by atoms with Crippen LogP contribution in [0.2, 0.25) is 5.28 Å². The standard InChI is InChI=1S/C16H22ClN5O3/c17-15-19-13(21-16(8-24)5-1-2-6-16)12-14(20-15)22(9-18-12)11-4-3-10(7-23)25-11/h9-11,23-24H,1-8H2,(H,19,20,21)/t10-,11+/m0/s1. The highest BCUT2D eigenvalue weighted by Crippen LogP contribution is 2.36. The summed E-state index contributed by atoms with van der Waals surface area (Å²) in [6.45, 7) is 0.0471. The Balaban J connectivity index is 1.69. The van der Waals surface area contributed by atoms with Crippen LogP contribution in [0.15, 0.2) is 6.33 Å². The largest absolute Gasteiger partial charge is 0.394 e. The van der Waals surface area contributed by atoms with Crippen molar-refractivity contribution < 1.29 is 14.9 Å². The first-order valence-electron chi connectivity index (χ1n) is 8.69. The third kappa shape index (κ3) is 3.08. The van der Waals surface area contributed by atoms with E-state index in [1.54, 1.807) is 6.33 Å². The number of ether oxygens (including phenoxy) is 1. The molecule has 136 valence electrons. The second kappa shape index (κ2) is 6.68. The minimum absolute atomic E-state index is 0.00466. The molecule has 0 amide bonds. The van der Waals surface area contributed by atoms with Crippen LogP contribution in [0.5, 0.6) is 0 Å². The summed E-state index contributed by atoms with van der Waals surface area (Å²) < 4.78 is 7.66. The van der Waals surface area contributed by atoms with Crippen molar-refractivity contribution in [3.63, 3.8) is 0 Å². The Hall–Kier alpha value is -1.48. The molecule has 25 heavy (non-hydrogen) atoms. The maximum absolute atomic E-state index is 9.85. The second-order valence-corrected chi connectivity index (χ2v) is 7.25. The molecule has 1 saturated heterocycles. The van der Waals surface area contributed by atoms with E-state index in [9.17, 15) is 10.2 Å². The van der Waals surface area contributed by atoms with E-state index in [2.05, 4.69) is 20.3 Å². The molecule has 2 aromatic heterocycles. The number of aliphatic hydroxyl groups excluding tert-OH is 2. The van der Waals surface area contributed by atoms with Gasteiger partial charge in [0, 0.05) is 0 Å². The predicted molar refractivity (Wildman–Crippen MR) is 92.5 cm³/mol. The molecular weight excluding hydrogens is 346 g/mol. The lowest BCUT2D eigenvalue weighted by Crippen LogP contribution is -2.39. The van der Waals surface area contributed by atoms with Gasteiger partial charge in [0.2, 0.25) is 5.28 Å². The number of rotatable bonds is 5. The van der Waals surface area contributed by atoms with Gasteiger partial charge in [0.1, 0.15) is 6.23 Å². The summed E-state index contributed by atoms with van der Waals surface area (Å²) in [5.74, 6) is 0.543. The number of fused-ring (bicyclic) bond motifs is 1. The highest BCUT2D eigenvalue weighted by molar-refractivity contribution is 6.28. The molecule has 2 fully saturated rings. The molecule has 2 aliphatic rings. The van der Waals surface area contributed by atoms with E-state index in [-0.39, 0.29) is 36.4 Å². The van der Waals surface area contributed by atoms with Crippen LogP contribution in [0.4, 0.5) is 5.82 Å². The normalized spacial score (nSPS) is 25.7. The van der Waals surface area contributed by atoms with Gasteiger partial charge >= 0.3 is 0 Å². The van der Waals surface area contributed by atoms with Gasteiger partial charge in [-0.2, -0.15) is 9.97 Å². The Morgan fingerprint density at radius 1 is 1.28 bits per heavy atom. The lowest BCUT2D eigenvalue weighted by atomic mass is 9.99. The molecule has 2 atom stereocenters. The number of hydrogen-bond donors (Lipinski definition) is 3. The predicted octanol–water partition coefficient (Wildman–Crippen LogP) is 1.87. The zero-order valence-corrected chi connectivity index (χ0v) is 14.6. The summed E-state index contributed by atoms with van der Waals surface area (Å²) in [6.07, 6.45) is 6.78. The molecule has 0 aromatic carbocycles. The Labute approximate surface area is 150 Å². The first-order valence-corrected chi connectivity index (χ1v) is 9.07. The quantitative estimate of drug-likeness (QED) is 0.692. The second-order valence-electron chi connectivity index (χ2n) is 6.91. The molecular formula is C16H22ClN5O3. The highest BCUT2D eigenvalue weighted by atomic mass is 35.5. The monoisotopic (exact) mass is 367 g/mol. The van der Waals surface area contributed by atoms with Crippen molar-refractivity contribution in [2.24, 2.45) is 0 Å². The van der Waals surface area contributed by atoms with Gasteiger partial charge in [0.15, 0.2) is 17.0 Å². The van der Waals surface area contributed by atoms with Gasteiger partial charge in [0.25, 0.3) is 0 Å². The van der Waals surface area contributed by atoms with Crippen LogP contribution < -0.4 is 5.32 Å². The van der Waals surface area contributed by atoms with E-state index in [4.69, 9.17) is 16.3 Å². The highest BCUT2D eigenvalue weighted by Gasteiger charge is 2.35. The fourth-order valence-corrected chi connectivity index (χ4v) is 4.00. The summed E-state index contributed by atoms with van der Waals surface area (Å²) in [5.41, 5.74) is 0.831. The molecule has 3 N–H and O–H groups in total. The summed E-state index contributed by atoms with van der Waals surface area (Å²) in [6, 6.07) is 0. The van der Waals surface area contributed by atoms with Crippen molar-refractivity contribution in [3.8, 4) is 0 Å². The Morgan fingerprint density at radius 3 is 2.76 bits per heavy atom. The molecule has 1 aliphatic heterocycles. The van der Waals surface area contributed by atoms with Crippen molar-refractivity contribution in [1.82, 2.24) is 19.5 Å². The van der Waals surface area contributed by atoms with Gasteiger partial charge in [-0.25, -0.2) is 4.98 Å². The van der Waals surface area contributed by atoms with Crippen molar-refractivity contribution >= 4 is 28.6 Å². The van der Waals surface area contributed by atoms with E-state index in [1.807, 2.05) is 4.57 Å². The zero-order valence-electron chi connectivity index (χ0n) is 13.9. The molecule has 4 rings (SSSR count). The molecule has 2 aromatic rings.